The summed E-state index contributed by atoms with van der Waals surface area (Å²) in [4.78, 5) is 60.3. The van der Waals surface area contributed by atoms with Crippen LogP contribution in [0.25, 0.3) is 0 Å². The Hall–Kier alpha value is -8.26. The van der Waals surface area contributed by atoms with Crippen molar-refractivity contribution in [1.29, 1.82) is 0 Å². The van der Waals surface area contributed by atoms with Gasteiger partial charge in [0, 0.05) is 85.5 Å². The maximum Gasteiger partial charge on any atom is 0.163 e. The summed E-state index contributed by atoms with van der Waals surface area (Å²) in [6.45, 7) is 0. The summed E-state index contributed by atoms with van der Waals surface area (Å²) in [6, 6.07) is 30.5. The summed E-state index contributed by atoms with van der Waals surface area (Å²) in [5.74, 6) is 3.34. The summed E-state index contributed by atoms with van der Waals surface area (Å²) in [5.41, 5.74) is 6.66. The maximum absolute atomic E-state index is 15.1. The highest BCUT2D eigenvalue weighted by molar-refractivity contribution is 6.08. The molecule has 5 aromatic rings. The molecule has 402 valence electrons. The highest BCUT2D eigenvalue weighted by Gasteiger charge is 2.49. The Bertz CT molecular complexity index is 3010. The molecule has 4 aliphatic carbocycles. The first kappa shape index (κ1) is 51.8. The van der Waals surface area contributed by atoms with Crippen LogP contribution in [-0.4, -0.2) is 80.0 Å². The van der Waals surface area contributed by atoms with E-state index in [0.29, 0.717) is 128 Å². The van der Waals surface area contributed by atoms with Gasteiger partial charge in [-0.05, 0) is 106 Å². The number of carbonyl (C=O) groups excluding carboxylic acids is 4. The van der Waals surface area contributed by atoms with Crippen molar-refractivity contribution in [1.82, 2.24) is 0 Å². The number of ether oxygens (including phenoxy) is 10. The second-order valence-electron chi connectivity index (χ2n) is 20.7. The minimum absolute atomic E-state index is 0.138. The molecule has 6 aliphatic rings. The van der Waals surface area contributed by atoms with E-state index < -0.39 is 11.8 Å². The monoisotopic (exact) mass is 1050 g/mol. The van der Waals surface area contributed by atoms with E-state index in [9.17, 15) is 0 Å². The van der Waals surface area contributed by atoms with E-state index in [0.717, 1.165) is 22.3 Å². The predicted octanol–water partition coefficient (Wildman–Crippen LogP) is 11.6. The van der Waals surface area contributed by atoms with E-state index in [1.54, 1.807) is 56.9 Å². The van der Waals surface area contributed by atoms with E-state index in [4.69, 9.17) is 47.4 Å². The summed E-state index contributed by atoms with van der Waals surface area (Å²) in [7, 11) is 12.6. The number of Topliss-reactive ketones (excluding diaryl/α,β-unsaturated/α-hetero) is 4. The summed E-state index contributed by atoms with van der Waals surface area (Å²) in [6.07, 6.45) is 2.20. The van der Waals surface area contributed by atoms with Crippen LogP contribution in [0.2, 0.25) is 0 Å². The molecule has 5 aromatic carbocycles. The zero-order valence-electron chi connectivity index (χ0n) is 45.1. The first-order valence-electron chi connectivity index (χ1n) is 26.3. The molecule has 11 rings (SSSR count). The van der Waals surface area contributed by atoms with Crippen LogP contribution in [-0.2, 0) is 28.7 Å². The molecule has 0 fully saturated rings. The molecule has 2 aliphatic heterocycles. The number of allylic oxidation sites excluding steroid dienone is 8. The van der Waals surface area contributed by atoms with Crippen LogP contribution in [0.15, 0.2) is 142 Å². The Balaban J connectivity index is 1.03. The second-order valence-corrected chi connectivity index (χ2v) is 20.7. The van der Waals surface area contributed by atoms with Gasteiger partial charge in [0.25, 0.3) is 0 Å². The van der Waals surface area contributed by atoms with Crippen molar-refractivity contribution in [2.45, 2.75) is 86.9 Å². The molecule has 0 aromatic heterocycles. The van der Waals surface area contributed by atoms with Crippen LogP contribution in [0.3, 0.4) is 0 Å². The smallest absolute Gasteiger partial charge is 0.163 e. The molecule has 4 unspecified atom stereocenters. The SMILES string of the molecule is COc1ccc(C2CC(=O)C3=C(C2)OC2=C(C(=O)CC(c4ccc(OC)c(OC)c4)C2)C3c2cccc(C3C4=C(CC(c5ccc(OC)c(OC)c5)CC4=O)OC4=C3C(=O)CC(c3ccc(OC)c(OC)c3)C4)c2)cc1OC. The van der Waals surface area contributed by atoms with Gasteiger partial charge >= 0.3 is 0 Å². The number of benzene rings is 5. The van der Waals surface area contributed by atoms with Crippen molar-refractivity contribution in [2.24, 2.45) is 0 Å². The number of hydrogen-bond donors (Lipinski definition) is 0. The predicted molar refractivity (Wildman–Crippen MR) is 288 cm³/mol. The summed E-state index contributed by atoms with van der Waals surface area (Å²) in [5, 5.41) is 0. The molecule has 14 heteroatoms. The standard InChI is InChI=1S/C64H62O14/c1-69-47-16-12-33(25-51(47)73-5)39-21-43(65)61-55(29-39)77-56-30-40(34-13-17-48(70-2)52(26-34)74-6)22-44(66)62(56)59(61)37-10-9-11-38(20-37)60-63-45(67)23-41(35-14-18-49(71-3)53(27-35)75-7)31-57(63)78-58-32-42(24-46(68)64(58)60)36-15-19-50(72-4)54(28-36)76-8/h9-20,25-28,39-42,59-60H,21-24,29-32H2,1-8H3. The highest BCUT2D eigenvalue weighted by atomic mass is 16.5. The molecule has 0 N–H and O–H groups in total. The Kier molecular flexibility index (Phi) is 14.1. The molecule has 78 heavy (non-hydrogen) atoms. The molecule has 0 saturated heterocycles. The van der Waals surface area contributed by atoms with Crippen molar-refractivity contribution >= 4 is 23.1 Å². The van der Waals surface area contributed by atoms with Crippen molar-refractivity contribution < 1.29 is 66.5 Å². The maximum atomic E-state index is 15.1. The van der Waals surface area contributed by atoms with E-state index in [1.165, 1.54) is 0 Å². The molecule has 0 saturated carbocycles. The molecular weight excluding hydrogens is 993 g/mol. The average Bonchev–Trinajstić information content (AvgIpc) is 3.66. The lowest BCUT2D eigenvalue weighted by atomic mass is 9.67. The fourth-order valence-electron chi connectivity index (χ4n) is 12.8. The third-order valence-corrected chi connectivity index (χ3v) is 16.6. The summed E-state index contributed by atoms with van der Waals surface area (Å²) < 4.78 is 58.7. The molecule has 14 nitrogen and oxygen atoms in total. The lowest BCUT2D eigenvalue weighted by Gasteiger charge is -2.40. The lowest BCUT2D eigenvalue weighted by Crippen LogP contribution is -2.34. The first-order valence-corrected chi connectivity index (χ1v) is 26.3. The van der Waals surface area contributed by atoms with E-state index in [-0.39, 0.29) is 72.5 Å². The van der Waals surface area contributed by atoms with Crippen LogP contribution in [0.5, 0.6) is 46.0 Å². The van der Waals surface area contributed by atoms with Crippen LogP contribution in [0, 0.1) is 0 Å². The van der Waals surface area contributed by atoms with Gasteiger partial charge in [-0.3, -0.25) is 19.2 Å². The fourth-order valence-corrected chi connectivity index (χ4v) is 12.8. The number of ketones is 4. The van der Waals surface area contributed by atoms with Gasteiger partial charge in [-0.1, -0.05) is 48.5 Å². The van der Waals surface area contributed by atoms with Crippen molar-refractivity contribution in [3.63, 3.8) is 0 Å². The molecule has 0 spiro atoms. The van der Waals surface area contributed by atoms with E-state index in [1.807, 2.05) is 97.1 Å². The Morgan fingerprint density at radius 3 is 0.769 bits per heavy atom. The van der Waals surface area contributed by atoms with Gasteiger partial charge in [0.15, 0.2) is 69.1 Å². The van der Waals surface area contributed by atoms with Gasteiger partial charge in [0.05, 0.1) is 56.9 Å². The second kappa shape index (κ2) is 21.3. The Morgan fingerprint density at radius 2 is 0.538 bits per heavy atom. The van der Waals surface area contributed by atoms with Crippen molar-refractivity contribution in [3.8, 4) is 46.0 Å². The molecule has 2 heterocycles. The molecule has 0 radical (unpaired) electrons. The van der Waals surface area contributed by atoms with Gasteiger partial charge < -0.3 is 47.4 Å². The minimum atomic E-state index is -0.795. The minimum Gasteiger partial charge on any atom is -0.493 e. The van der Waals surface area contributed by atoms with Crippen LogP contribution >= 0.6 is 0 Å². The van der Waals surface area contributed by atoms with Crippen LogP contribution < -0.4 is 37.9 Å². The third kappa shape index (κ3) is 9.14. The highest BCUT2D eigenvalue weighted by Crippen LogP contribution is 2.56. The van der Waals surface area contributed by atoms with Gasteiger partial charge in [0.1, 0.15) is 23.0 Å². The molecule has 4 atom stereocenters. The van der Waals surface area contributed by atoms with Crippen LogP contribution in [0.1, 0.15) is 120 Å². The number of rotatable bonds is 14. The summed E-state index contributed by atoms with van der Waals surface area (Å²) >= 11 is 0. The fraction of sp³-hybridized carbons (Fsp3) is 0.344. The zero-order valence-corrected chi connectivity index (χ0v) is 45.1. The van der Waals surface area contributed by atoms with Gasteiger partial charge in [-0.2, -0.15) is 0 Å². The first-order chi connectivity index (χ1) is 37.9. The molecule has 0 bridgehead atoms. The van der Waals surface area contributed by atoms with E-state index >= 15 is 19.2 Å². The molecular formula is C64H62O14. The van der Waals surface area contributed by atoms with Crippen molar-refractivity contribution in [2.75, 3.05) is 56.9 Å². The average molecular weight is 1060 g/mol. The Labute approximate surface area is 453 Å². The Morgan fingerprint density at radius 1 is 0.295 bits per heavy atom. The number of carbonyl (C=O) groups is 4. The normalized spacial score (nSPS) is 22.8. The quantitative estimate of drug-likeness (QED) is 0.103. The van der Waals surface area contributed by atoms with Gasteiger partial charge in [-0.25, -0.2) is 0 Å². The molecule has 0 amide bonds. The number of hydrogen-bond acceptors (Lipinski definition) is 14. The zero-order chi connectivity index (χ0) is 54.5. The largest absolute Gasteiger partial charge is 0.493 e. The van der Waals surface area contributed by atoms with Gasteiger partial charge in [-0.15, -0.1) is 0 Å². The van der Waals surface area contributed by atoms with Gasteiger partial charge in [0.2, 0.25) is 0 Å². The lowest BCUT2D eigenvalue weighted by molar-refractivity contribution is -0.119. The van der Waals surface area contributed by atoms with Crippen molar-refractivity contribution in [3.05, 3.63) is 176 Å². The number of methoxy groups -OCH3 is 8. The third-order valence-electron chi connectivity index (χ3n) is 16.6. The topological polar surface area (TPSA) is 161 Å². The van der Waals surface area contributed by atoms with E-state index in [2.05, 4.69) is 0 Å². The van der Waals surface area contributed by atoms with Crippen LogP contribution in [0.4, 0.5) is 0 Å².